The Bertz CT molecular complexity index is 373. The number of unbranched alkanes of at least 4 members (excludes halogenated alkanes) is 6. The van der Waals surface area contributed by atoms with Crippen LogP contribution >= 0.6 is 0 Å². The maximum absolute atomic E-state index is 6.56. The molecule has 0 aliphatic carbocycles. The molecule has 0 aliphatic rings. The quantitative estimate of drug-likeness (QED) is 0.294. The molecule has 0 N–H and O–H groups in total. The van der Waals surface area contributed by atoms with Crippen LogP contribution in [0.3, 0.4) is 0 Å². The van der Waals surface area contributed by atoms with Crippen molar-refractivity contribution in [1.82, 2.24) is 0 Å². The number of aryl methyl sites for hydroxylation is 1. The minimum absolute atomic E-state index is 1.09. The standard InChI is InChI=1S/C20H36OSi/c1-5-7-9-11-17-22(4,18-12-10-8-6-2)21-20-15-13-19(3)14-16-20/h13-16H,5-12,17-18H2,1-4H3. The molecule has 1 aromatic rings. The highest BCUT2D eigenvalue weighted by Crippen LogP contribution is 2.27. The second kappa shape index (κ2) is 10.9. The van der Waals surface area contributed by atoms with Crippen molar-refractivity contribution in [2.24, 2.45) is 0 Å². The molecule has 1 aromatic carbocycles. The molecule has 2 heteroatoms. The molecule has 22 heavy (non-hydrogen) atoms. The number of hydrogen-bond donors (Lipinski definition) is 0. The molecular weight excluding hydrogens is 284 g/mol. The van der Waals surface area contributed by atoms with E-state index in [9.17, 15) is 0 Å². The van der Waals surface area contributed by atoms with Gasteiger partial charge in [0.05, 0.1) is 0 Å². The van der Waals surface area contributed by atoms with Crippen molar-refractivity contribution >= 4 is 8.32 Å². The van der Waals surface area contributed by atoms with E-state index >= 15 is 0 Å². The van der Waals surface area contributed by atoms with E-state index < -0.39 is 8.32 Å². The van der Waals surface area contributed by atoms with Gasteiger partial charge in [0.25, 0.3) is 0 Å². The minimum atomic E-state index is -1.61. The van der Waals surface area contributed by atoms with Gasteiger partial charge in [-0.25, -0.2) is 0 Å². The zero-order valence-corrected chi connectivity index (χ0v) is 16.3. The zero-order valence-electron chi connectivity index (χ0n) is 15.3. The van der Waals surface area contributed by atoms with Gasteiger partial charge < -0.3 is 4.43 Å². The molecule has 0 heterocycles. The third kappa shape index (κ3) is 8.02. The van der Waals surface area contributed by atoms with Crippen LogP contribution in [0.5, 0.6) is 5.75 Å². The van der Waals surface area contributed by atoms with E-state index in [0.29, 0.717) is 0 Å². The van der Waals surface area contributed by atoms with E-state index in [4.69, 9.17) is 4.43 Å². The summed E-state index contributed by atoms with van der Waals surface area (Å²) in [7, 11) is -1.61. The van der Waals surface area contributed by atoms with Gasteiger partial charge in [0.2, 0.25) is 8.32 Å². The van der Waals surface area contributed by atoms with E-state index in [-0.39, 0.29) is 0 Å². The van der Waals surface area contributed by atoms with Crippen LogP contribution in [0.25, 0.3) is 0 Å². The summed E-state index contributed by atoms with van der Waals surface area (Å²) in [6.07, 6.45) is 10.8. The molecule has 126 valence electrons. The molecule has 0 fully saturated rings. The van der Waals surface area contributed by atoms with E-state index in [1.54, 1.807) is 0 Å². The third-order valence-corrected chi connectivity index (χ3v) is 8.05. The summed E-state index contributed by atoms with van der Waals surface area (Å²) in [5.74, 6) is 1.09. The lowest BCUT2D eigenvalue weighted by molar-refractivity contribution is 0.520. The van der Waals surface area contributed by atoms with Crippen LogP contribution < -0.4 is 4.43 Å². The molecule has 0 saturated carbocycles. The maximum atomic E-state index is 6.56. The van der Waals surface area contributed by atoms with Crippen LogP contribution in [0.2, 0.25) is 18.6 Å². The lowest BCUT2D eigenvalue weighted by atomic mass is 10.2. The predicted molar refractivity (Wildman–Crippen MR) is 101 cm³/mol. The van der Waals surface area contributed by atoms with Crippen LogP contribution in [-0.4, -0.2) is 8.32 Å². The van der Waals surface area contributed by atoms with Crippen molar-refractivity contribution in [3.8, 4) is 5.75 Å². The Kier molecular flexibility index (Phi) is 9.54. The molecule has 0 saturated heterocycles. The first-order chi connectivity index (χ1) is 10.6. The molecule has 1 rings (SSSR count). The van der Waals surface area contributed by atoms with Crippen molar-refractivity contribution in [1.29, 1.82) is 0 Å². The Morgan fingerprint density at radius 1 is 0.773 bits per heavy atom. The first kappa shape index (κ1) is 19.3. The predicted octanol–water partition coefficient (Wildman–Crippen LogP) is 7.11. The van der Waals surface area contributed by atoms with Crippen LogP contribution in [0.15, 0.2) is 24.3 Å². The van der Waals surface area contributed by atoms with Crippen molar-refractivity contribution in [2.45, 2.75) is 90.8 Å². The van der Waals surface area contributed by atoms with Gasteiger partial charge >= 0.3 is 0 Å². The molecule has 1 nitrogen and oxygen atoms in total. The minimum Gasteiger partial charge on any atom is -0.544 e. The Labute approximate surface area is 139 Å². The van der Waals surface area contributed by atoms with Gasteiger partial charge in [-0.15, -0.1) is 0 Å². The van der Waals surface area contributed by atoms with E-state index in [1.807, 2.05) is 0 Å². The molecule has 0 spiro atoms. The van der Waals surface area contributed by atoms with Gasteiger partial charge in [-0.3, -0.25) is 0 Å². The van der Waals surface area contributed by atoms with Crippen molar-refractivity contribution in [3.63, 3.8) is 0 Å². The molecule has 0 unspecified atom stereocenters. The SMILES string of the molecule is CCCCCC[Si](C)(CCCCCC)Oc1ccc(C)cc1. The summed E-state index contributed by atoms with van der Waals surface area (Å²) in [5.41, 5.74) is 1.31. The summed E-state index contributed by atoms with van der Waals surface area (Å²) < 4.78 is 6.56. The summed E-state index contributed by atoms with van der Waals surface area (Å²) in [6, 6.07) is 11.3. The molecular formula is C20H36OSi. The molecule has 0 aliphatic heterocycles. The van der Waals surface area contributed by atoms with E-state index in [0.717, 1.165) is 5.75 Å². The summed E-state index contributed by atoms with van der Waals surface area (Å²) in [4.78, 5) is 0. The van der Waals surface area contributed by atoms with Crippen LogP contribution in [0, 0.1) is 6.92 Å². The average Bonchev–Trinajstić information content (AvgIpc) is 2.51. The molecule has 0 amide bonds. The monoisotopic (exact) mass is 320 g/mol. The zero-order chi connectivity index (χ0) is 16.3. The first-order valence-corrected chi connectivity index (χ1v) is 12.2. The highest BCUT2D eigenvalue weighted by Gasteiger charge is 2.29. The fourth-order valence-corrected chi connectivity index (χ4v) is 6.12. The van der Waals surface area contributed by atoms with Gasteiger partial charge in [-0.05, 0) is 37.7 Å². The van der Waals surface area contributed by atoms with Crippen LogP contribution in [0.4, 0.5) is 0 Å². The normalized spacial score (nSPS) is 11.6. The van der Waals surface area contributed by atoms with Crippen molar-refractivity contribution in [3.05, 3.63) is 29.8 Å². The second-order valence-electron chi connectivity index (χ2n) is 6.99. The summed E-state index contributed by atoms with van der Waals surface area (Å²) in [5, 5.41) is 0. The topological polar surface area (TPSA) is 9.23 Å². The molecule has 0 radical (unpaired) electrons. The van der Waals surface area contributed by atoms with Crippen LogP contribution in [-0.2, 0) is 0 Å². The number of benzene rings is 1. The van der Waals surface area contributed by atoms with Gasteiger partial charge in [-0.1, -0.05) is 82.9 Å². The third-order valence-electron chi connectivity index (χ3n) is 4.50. The lowest BCUT2D eigenvalue weighted by Crippen LogP contribution is -2.37. The lowest BCUT2D eigenvalue weighted by Gasteiger charge is -2.29. The second-order valence-corrected chi connectivity index (χ2v) is 11.1. The van der Waals surface area contributed by atoms with Gasteiger partial charge in [0.15, 0.2) is 0 Å². The number of hydrogen-bond acceptors (Lipinski definition) is 1. The Hall–Kier alpha value is -0.763. The molecule has 0 aromatic heterocycles. The average molecular weight is 321 g/mol. The first-order valence-electron chi connectivity index (χ1n) is 9.35. The van der Waals surface area contributed by atoms with Crippen LogP contribution in [0.1, 0.15) is 70.8 Å². The smallest absolute Gasteiger partial charge is 0.248 e. The van der Waals surface area contributed by atoms with Gasteiger partial charge in [0.1, 0.15) is 5.75 Å². The highest BCUT2D eigenvalue weighted by molar-refractivity contribution is 6.73. The van der Waals surface area contributed by atoms with Crippen molar-refractivity contribution in [2.75, 3.05) is 0 Å². The largest absolute Gasteiger partial charge is 0.544 e. The van der Waals surface area contributed by atoms with Gasteiger partial charge in [-0.2, -0.15) is 0 Å². The van der Waals surface area contributed by atoms with E-state index in [2.05, 4.69) is 51.6 Å². The molecule has 0 atom stereocenters. The fourth-order valence-electron chi connectivity index (χ4n) is 2.97. The Morgan fingerprint density at radius 3 is 1.73 bits per heavy atom. The number of rotatable bonds is 12. The maximum Gasteiger partial charge on any atom is 0.248 e. The van der Waals surface area contributed by atoms with Crippen molar-refractivity contribution < 1.29 is 4.43 Å². The Balaban J connectivity index is 2.56. The highest BCUT2D eigenvalue weighted by atomic mass is 28.4. The summed E-state index contributed by atoms with van der Waals surface area (Å²) in [6.45, 7) is 9.15. The Morgan fingerprint density at radius 2 is 1.27 bits per heavy atom. The van der Waals surface area contributed by atoms with Gasteiger partial charge in [0, 0.05) is 0 Å². The van der Waals surface area contributed by atoms with E-state index in [1.165, 1.54) is 69.0 Å². The summed E-state index contributed by atoms with van der Waals surface area (Å²) >= 11 is 0. The fraction of sp³-hybridized carbons (Fsp3) is 0.700. The molecule has 0 bridgehead atoms.